The molecule has 3 rings (SSSR count). The molecule has 2 heteroatoms. The van der Waals surface area contributed by atoms with Crippen molar-refractivity contribution in [2.75, 3.05) is 0 Å². The highest BCUT2D eigenvalue weighted by molar-refractivity contribution is 5.72. The van der Waals surface area contributed by atoms with Crippen molar-refractivity contribution in [3.05, 3.63) is 72.0 Å². The van der Waals surface area contributed by atoms with Crippen LogP contribution in [0.5, 0.6) is 0 Å². The van der Waals surface area contributed by atoms with Gasteiger partial charge in [-0.2, -0.15) is 5.26 Å². The minimum atomic E-state index is 0.665. The van der Waals surface area contributed by atoms with Gasteiger partial charge in [-0.25, -0.2) is 0 Å². The number of nitrogens with zero attached hydrogens (tertiary/aromatic N) is 1. The minimum Gasteiger partial charge on any atom is -0.461 e. The normalized spacial score (nSPS) is 10.2. The van der Waals surface area contributed by atoms with Crippen molar-refractivity contribution in [3.63, 3.8) is 0 Å². The first-order valence-electron chi connectivity index (χ1n) is 6.44. The van der Waals surface area contributed by atoms with Gasteiger partial charge in [-0.15, -0.1) is 0 Å². The van der Waals surface area contributed by atoms with Crippen LogP contribution in [0.4, 0.5) is 0 Å². The summed E-state index contributed by atoms with van der Waals surface area (Å²) in [4.78, 5) is 0. The molecule has 0 unspecified atom stereocenters. The molecule has 0 radical (unpaired) electrons. The number of hydrogen-bond acceptors (Lipinski definition) is 2. The van der Waals surface area contributed by atoms with Gasteiger partial charge in [0.2, 0.25) is 0 Å². The van der Waals surface area contributed by atoms with Crippen molar-refractivity contribution < 1.29 is 4.42 Å². The Morgan fingerprint density at radius 3 is 2.25 bits per heavy atom. The number of rotatable bonds is 2. The van der Waals surface area contributed by atoms with Gasteiger partial charge in [0.05, 0.1) is 11.6 Å². The highest BCUT2D eigenvalue weighted by atomic mass is 16.3. The summed E-state index contributed by atoms with van der Waals surface area (Å²) in [5, 5.41) is 8.84. The fourth-order valence-electron chi connectivity index (χ4n) is 2.24. The Balaban J connectivity index is 2.03. The van der Waals surface area contributed by atoms with E-state index in [9.17, 15) is 0 Å². The van der Waals surface area contributed by atoms with Crippen molar-refractivity contribution in [1.29, 1.82) is 5.26 Å². The molecule has 0 aliphatic heterocycles. The number of nitriles is 1. The Morgan fingerprint density at radius 2 is 1.60 bits per heavy atom. The van der Waals surface area contributed by atoms with Gasteiger partial charge in [0.1, 0.15) is 11.5 Å². The first-order valence-corrected chi connectivity index (χ1v) is 6.44. The third kappa shape index (κ3) is 2.22. The zero-order chi connectivity index (χ0) is 13.9. The van der Waals surface area contributed by atoms with Crippen LogP contribution in [0.15, 0.2) is 65.1 Å². The molecule has 2 nitrogen and oxygen atoms in total. The second kappa shape index (κ2) is 5.07. The maximum atomic E-state index is 8.84. The van der Waals surface area contributed by atoms with Crippen molar-refractivity contribution in [2.24, 2.45) is 0 Å². The number of hydrogen-bond donors (Lipinski definition) is 0. The van der Waals surface area contributed by atoms with E-state index in [1.54, 1.807) is 0 Å². The van der Waals surface area contributed by atoms with Gasteiger partial charge in [-0.1, -0.05) is 42.5 Å². The third-order valence-corrected chi connectivity index (χ3v) is 3.30. The fraction of sp³-hybridized carbons (Fsp3) is 0.0556. The number of furan rings is 1. The first kappa shape index (κ1) is 12.3. The van der Waals surface area contributed by atoms with Crippen molar-refractivity contribution >= 4 is 0 Å². The van der Waals surface area contributed by atoms with Gasteiger partial charge in [-0.05, 0) is 30.7 Å². The standard InChI is InChI=1S/C18H13NO/c1-13-17(15-9-7-14(12-19)8-10-15)11-18(20-13)16-5-3-2-4-6-16/h2-11H,1H3. The molecule has 1 heterocycles. The largest absolute Gasteiger partial charge is 0.461 e. The first-order chi connectivity index (χ1) is 9.78. The summed E-state index contributed by atoms with van der Waals surface area (Å²) in [5.74, 6) is 1.75. The summed E-state index contributed by atoms with van der Waals surface area (Å²) >= 11 is 0. The lowest BCUT2D eigenvalue weighted by molar-refractivity contribution is 0.549. The van der Waals surface area contributed by atoms with Crippen molar-refractivity contribution in [1.82, 2.24) is 0 Å². The number of benzene rings is 2. The van der Waals surface area contributed by atoms with Crippen LogP contribution in [0.3, 0.4) is 0 Å². The van der Waals surface area contributed by atoms with E-state index in [1.165, 1.54) is 0 Å². The molecule has 0 saturated carbocycles. The molecule has 96 valence electrons. The summed E-state index contributed by atoms with van der Waals surface area (Å²) in [7, 11) is 0. The number of aryl methyl sites for hydroxylation is 1. The SMILES string of the molecule is Cc1oc(-c2ccccc2)cc1-c1ccc(C#N)cc1. The van der Waals surface area contributed by atoms with Crippen molar-refractivity contribution in [2.45, 2.75) is 6.92 Å². The molecule has 2 aromatic carbocycles. The predicted molar refractivity (Wildman–Crippen MR) is 79.0 cm³/mol. The van der Waals surface area contributed by atoms with Crippen LogP contribution in [0.1, 0.15) is 11.3 Å². The lowest BCUT2D eigenvalue weighted by Crippen LogP contribution is -1.78. The van der Waals surface area contributed by atoms with E-state index >= 15 is 0 Å². The Bertz CT molecular complexity index is 761. The van der Waals surface area contributed by atoms with Gasteiger partial charge < -0.3 is 4.42 Å². The third-order valence-electron chi connectivity index (χ3n) is 3.30. The van der Waals surface area contributed by atoms with Crippen LogP contribution in [-0.4, -0.2) is 0 Å². The minimum absolute atomic E-state index is 0.665. The molecular formula is C18H13NO. The molecule has 1 aromatic heterocycles. The quantitative estimate of drug-likeness (QED) is 0.663. The van der Waals surface area contributed by atoms with Gasteiger partial charge >= 0.3 is 0 Å². The molecule has 0 atom stereocenters. The van der Waals surface area contributed by atoms with Gasteiger partial charge in [-0.3, -0.25) is 0 Å². The smallest absolute Gasteiger partial charge is 0.134 e. The van der Waals surface area contributed by atoms with Crippen LogP contribution in [0.2, 0.25) is 0 Å². The second-order valence-corrected chi connectivity index (χ2v) is 4.64. The van der Waals surface area contributed by atoms with E-state index < -0.39 is 0 Å². The lowest BCUT2D eigenvalue weighted by Gasteiger charge is -1.98. The summed E-state index contributed by atoms with van der Waals surface area (Å²) in [5.41, 5.74) is 3.86. The Kier molecular flexibility index (Phi) is 3.10. The highest BCUT2D eigenvalue weighted by Gasteiger charge is 2.10. The van der Waals surface area contributed by atoms with Crippen LogP contribution in [0, 0.1) is 18.3 Å². The maximum absolute atomic E-state index is 8.84. The van der Waals surface area contributed by atoms with Crippen LogP contribution >= 0.6 is 0 Å². The Morgan fingerprint density at radius 1 is 0.900 bits per heavy atom. The zero-order valence-electron chi connectivity index (χ0n) is 11.1. The molecule has 3 aromatic rings. The van der Waals surface area contributed by atoms with E-state index in [4.69, 9.17) is 9.68 Å². The van der Waals surface area contributed by atoms with Crippen LogP contribution in [-0.2, 0) is 0 Å². The molecule has 0 N–H and O–H groups in total. The summed E-state index contributed by atoms with van der Waals surface area (Å²) < 4.78 is 5.85. The predicted octanol–water partition coefficient (Wildman–Crippen LogP) is 4.79. The molecule has 0 fully saturated rings. The monoisotopic (exact) mass is 259 g/mol. The average Bonchev–Trinajstić information content (AvgIpc) is 2.90. The molecule has 0 saturated heterocycles. The summed E-state index contributed by atoms with van der Waals surface area (Å²) in [6.07, 6.45) is 0. The summed E-state index contributed by atoms with van der Waals surface area (Å²) in [6, 6.07) is 21.8. The topological polar surface area (TPSA) is 36.9 Å². The highest BCUT2D eigenvalue weighted by Crippen LogP contribution is 2.32. The second-order valence-electron chi connectivity index (χ2n) is 4.64. The molecule has 20 heavy (non-hydrogen) atoms. The molecule has 0 amide bonds. The molecule has 0 spiro atoms. The van der Waals surface area contributed by atoms with E-state index in [-0.39, 0.29) is 0 Å². The van der Waals surface area contributed by atoms with Gasteiger partial charge in [0, 0.05) is 11.1 Å². The maximum Gasteiger partial charge on any atom is 0.134 e. The fourth-order valence-corrected chi connectivity index (χ4v) is 2.24. The Labute approximate surface area is 117 Å². The summed E-state index contributed by atoms with van der Waals surface area (Å²) in [6.45, 7) is 1.96. The van der Waals surface area contributed by atoms with E-state index in [0.29, 0.717) is 5.56 Å². The van der Waals surface area contributed by atoms with E-state index in [1.807, 2.05) is 67.6 Å². The van der Waals surface area contributed by atoms with Crippen molar-refractivity contribution in [3.8, 4) is 28.5 Å². The lowest BCUT2D eigenvalue weighted by atomic mass is 10.0. The van der Waals surface area contributed by atoms with E-state index in [0.717, 1.165) is 28.2 Å². The van der Waals surface area contributed by atoms with Gasteiger partial charge in [0.25, 0.3) is 0 Å². The molecule has 0 bridgehead atoms. The molecular weight excluding hydrogens is 246 g/mol. The Hall–Kier alpha value is -2.79. The zero-order valence-corrected chi connectivity index (χ0v) is 11.1. The average molecular weight is 259 g/mol. The van der Waals surface area contributed by atoms with E-state index in [2.05, 4.69) is 6.07 Å². The molecule has 0 aliphatic rings. The molecule has 0 aliphatic carbocycles. The van der Waals surface area contributed by atoms with Crippen LogP contribution < -0.4 is 0 Å². The van der Waals surface area contributed by atoms with Crippen LogP contribution in [0.25, 0.3) is 22.5 Å². The van der Waals surface area contributed by atoms with Gasteiger partial charge in [0.15, 0.2) is 0 Å².